The Bertz CT molecular complexity index is 759. The maximum Gasteiger partial charge on any atom is 0.315 e. The fraction of sp³-hybridized carbons (Fsp3) is 0.400. The summed E-state index contributed by atoms with van der Waals surface area (Å²) in [5.74, 6) is 0.578. The Morgan fingerprint density at radius 3 is 2.52 bits per heavy atom. The van der Waals surface area contributed by atoms with Crippen LogP contribution in [0.15, 0.2) is 42.6 Å². The Morgan fingerprint density at radius 1 is 1.15 bits per heavy atom. The van der Waals surface area contributed by atoms with Crippen molar-refractivity contribution in [1.29, 1.82) is 0 Å². The number of halogens is 1. The minimum Gasteiger partial charge on any atom is -0.372 e. The highest BCUT2D eigenvalue weighted by molar-refractivity contribution is 5.73. The maximum atomic E-state index is 13.5. The van der Waals surface area contributed by atoms with Gasteiger partial charge in [0.15, 0.2) is 0 Å². The SMILES string of the molecule is CC1CN(c2ccc(CNC(=O)NCc3ccccc3F)cn2)CC(C)O1. The number of nitrogens with one attached hydrogen (secondary N) is 2. The molecule has 1 aromatic heterocycles. The molecule has 1 aliphatic rings. The van der Waals surface area contributed by atoms with E-state index >= 15 is 0 Å². The summed E-state index contributed by atoms with van der Waals surface area (Å²) in [5, 5.41) is 5.41. The quantitative estimate of drug-likeness (QED) is 0.847. The molecular formula is C20H25FN4O2. The number of benzene rings is 1. The summed E-state index contributed by atoms with van der Waals surface area (Å²) in [6.45, 7) is 6.23. The van der Waals surface area contributed by atoms with E-state index in [0.717, 1.165) is 24.5 Å². The molecule has 1 fully saturated rings. The zero-order valence-electron chi connectivity index (χ0n) is 15.6. The second-order valence-electron chi connectivity index (χ2n) is 6.81. The number of aromatic nitrogens is 1. The van der Waals surface area contributed by atoms with Crippen LogP contribution in [0.5, 0.6) is 0 Å². The number of amides is 2. The molecule has 6 nitrogen and oxygen atoms in total. The van der Waals surface area contributed by atoms with Gasteiger partial charge in [-0.3, -0.25) is 0 Å². The first-order chi connectivity index (χ1) is 13.0. The van der Waals surface area contributed by atoms with Crippen LogP contribution in [0.4, 0.5) is 15.0 Å². The van der Waals surface area contributed by atoms with Crippen LogP contribution in [0.1, 0.15) is 25.0 Å². The average molecular weight is 372 g/mol. The second kappa shape index (κ2) is 8.81. The first-order valence-corrected chi connectivity index (χ1v) is 9.11. The smallest absolute Gasteiger partial charge is 0.315 e. The van der Waals surface area contributed by atoms with Gasteiger partial charge >= 0.3 is 6.03 Å². The topological polar surface area (TPSA) is 66.5 Å². The molecule has 0 spiro atoms. The third-order valence-corrected chi connectivity index (χ3v) is 4.40. The Kier molecular flexibility index (Phi) is 6.24. The molecule has 0 aliphatic carbocycles. The predicted molar refractivity (Wildman–Crippen MR) is 102 cm³/mol. The molecule has 2 atom stereocenters. The van der Waals surface area contributed by atoms with Gasteiger partial charge in [0, 0.05) is 37.9 Å². The van der Waals surface area contributed by atoms with Gasteiger partial charge in [0.25, 0.3) is 0 Å². The molecule has 0 bridgehead atoms. The summed E-state index contributed by atoms with van der Waals surface area (Å²) in [4.78, 5) is 18.6. The van der Waals surface area contributed by atoms with E-state index in [1.165, 1.54) is 6.07 Å². The minimum absolute atomic E-state index is 0.142. The van der Waals surface area contributed by atoms with Gasteiger partial charge in [-0.2, -0.15) is 0 Å². The standard InChI is InChI=1S/C20H25FN4O2/c1-14-12-25(13-15(2)27-14)19-8-7-16(9-22-19)10-23-20(26)24-11-17-5-3-4-6-18(17)21/h3-9,14-15H,10-13H2,1-2H3,(H2,23,24,26). The number of ether oxygens (including phenoxy) is 1. The van der Waals surface area contributed by atoms with Crippen LogP contribution in [0, 0.1) is 5.82 Å². The van der Waals surface area contributed by atoms with Crippen molar-refractivity contribution in [3.05, 3.63) is 59.5 Å². The van der Waals surface area contributed by atoms with Crippen molar-refractivity contribution in [2.45, 2.75) is 39.1 Å². The number of nitrogens with zero attached hydrogens (tertiary/aromatic N) is 2. The maximum absolute atomic E-state index is 13.5. The average Bonchev–Trinajstić information content (AvgIpc) is 2.65. The Morgan fingerprint density at radius 2 is 1.85 bits per heavy atom. The number of carbonyl (C=O) groups excluding carboxylic acids is 1. The molecular weight excluding hydrogens is 347 g/mol. The fourth-order valence-corrected chi connectivity index (χ4v) is 3.14. The van der Waals surface area contributed by atoms with E-state index in [-0.39, 0.29) is 30.6 Å². The summed E-state index contributed by atoms with van der Waals surface area (Å²) in [7, 11) is 0. The van der Waals surface area contributed by atoms with Crippen molar-refractivity contribution in [2.75, 3.05) is 18.0 Å². The third kappa shape index (κ3) is 5.40. The number of hydrogen-bond acceptors (Lipinski definition) is 4. The first-order valence-electron chi connectivity index (χ1n) is 9.11. The lowest BCUT2D eigenvalue weighted by molar-refractivity contribution is -0.00546. The highest BCUT2D eigenvalue weighted by Crippen LogP contribution is 2.18. The van der Waals surface area contributed by atoms with Crippen molar-refractivity contribution in [3.63, 3.8) is 0 Å². The van der Waals surface area contributed by atoms with Crippen LogP contribution in [0.3, 0.4) is 0 Å². The lowest BCUT2D eigenvalue weighted by Crippen LogP contribution is -2.45. The van der Waals surface area contributed by atoms with Gasteiger partial charge in [0.1, 0.15) is 11.6 Å². The van der Waals surface area contributed by atoms with E-state index in [1.807, 2.05) is 12.1 Å². The summed E-state index contributed by atoms with van der Waals surface area (Å²) in [6, 6.07) is 9.93. The van der Waals surface area contributed by atoms with Gasteiger partial charge in [0.05, 0.1) is 12.2 Å². The molecule has 2 N–H and O–H groups in total. The predicted octanol–water partition coefficient (Wildman–Crippen LogP) is 2.83. The lowest BCUT2D eigenvalue weighted by Gasteiger charge is -2.36. The third-order valence-electron chi connectivity index (χ3n) is 4.40. The summed E-state index contributed by atoms with van der Waals surface area (Å²) in [6.07, 6.45) is 2.11. The van der Waals surface area contributed by atoms with Crippen molar-refractivity contribution >= 4 is 11.8 Å². The lowest BCUT2D eigenvalue weighted by atomic mass is 10.2. The second-order valence-corrected chi connectivity index (χ2v) is 6.81. The molecule has 1 aliphatic heterocycles. The molecule has 0 radical (unpaired) electrons. The van der Waals surface area contributed by atoms with E-state index in [9.17, 15) is 9.18 Å². The number of carbonyl (C=O) groups is 1. The molecule has 2 heterocycles. The van der Waals surface area contributed by atoms with Crippen LogP contribution in [0.25, 0.3) is 0 Å². The van der Waals surface area contributed by atoms with Crippen LogP contribution in [-0.4, -0.2) is 36.3 Å². The van der Waals surface area contributed by atoms with E-state index in [4.69, 9.17) is 4.74 Å². The summed E-state index contributed by atoms with van der Waals surface area (Å²) < 4.78 is 19.3. The zero-order valence-corrected chi connectivity index (χ0v) is 15.6. The highest BCUT2D eigenvalue weighted by Gasteiger charge is 2.22. The molecule has 1 saturated heterocycles. The Hall–Kier alpha value is -2.67. The normalized spacial score (nSPS) is 19.6. The Labute approximate surface area is 158 Å². The van der Waals surface area contributed by atoms with Crippen LogP contribution in [0.2, 0.25) is 0 Å². The fourth-order valence-electron chi connectivity index (χ4n) is 3.14. The number of hydrogen-bond donors (Lipinski definition) is 2. The largest absolute Gasteiger partial charge is 0.372 e. The van der Waals surface area contributed by atoms with Crippen molar-refractivity contribution in [1.82, 2.24) is 15.6 Å². The minimum atomic E-state index is -0.349. The van der Waals surface area contributed by atoms with E-state index in [2.05, 4.69) is 34.4 Å². The number of pyridine rings is 1. The molecule has 1 aromatic carbocycles. The molecule has 144 valence electrons. The van der Waals surface area contributed by atoms with E-state index in [0.29, 0.717) is 12.1 Å². The number of morpholine rings is 1. The Balaban J connectivity index is 1.47. The monoisotopic (exact) mass is 372 g/mol. The summed E-state index contributed by atoms with van der Waals surface area (Å²) in [5.41, 5.74) is 1.35. The molecule has 3 rings (SSSR count). The molecule has 0 saturated carbocycles. The van der Waals surface area contributed by atoms with Gasteiger partial charge in [-0.1, -0.05) is 24.3 Å². The van der Waals surface area contributed by atoms with E-state index < -0.39 is 0 Å². The molecule has 27 heavy (non-hydrogen) atoms. The van der Waals surface area contributed by atoms with Crippen molar-refractivity contribution in [2.24, 2.45) is 0 Å². The van der Waals surface area contributed by atoms with Gasteiger partial charge < -0.3 is 20.3 Å². The molecule has 2 unspecified atom stereocenters. The zero-order chi connectivity index (χ0) is 19.2. The van der Waals surface area contributed by atoms with E-state index in [1.54, 1.807) is 24.4 Å². The van der Waals surface area contributed by atoms with Crippen LogP contribution >= 0.6 is 0 Å². The molecule has 7 heteroatoms. The first kappa shape index (κ1) is 19.1. The van der Waals surface area contributed by atoms with Crippen LogP contribution < -0.4 is 15.5 Å². The van der Waals surface area contributed by atoms with Gasteiger partial charge in [-0.25, -0.2) is 14.2 Å². The van der Waals surface area contributed by atoms with Crippen molar-refractivity contribution in [3.8, 4) is 0 Å². The van der Waals surface area contributed by atoms with Crippen LogP contribution in [-0.2, 0) is 17.8 Å². The highest BCUT2D eigenvalue weighted by atomic mass is 19.1. The van der Waals surface area contributed by atoms with Gasteiger partial charge in [-0.15, -0.1) is 0 Å². The van der Waals surface area contributed by atoms with Gasteiger partial charge in [-0.05, 0) is 31.5 Å². The molecule has 2 amide bonds. The van der Waals surface area contributed by atoms with Gasteiger partial charge in [0.2, 0.25) is 0 Å². The van der Waals surface area contributed by atoms with Crippen molar-refractivity contribution < 1.29 is 13.9 Å². The number of rotatable bonds is 5. The number of anilines is 1. The summed E-state index contributed by atoms with van der Waals surface area (Å²) >= 11 is 0. The molecule has 2 aromatic rings. The number of urea groups is 1.